The van der Waals surface area contributed by atoms with Crippen LogP contribution < -0.4 is 26.6 Å². The van der Waals surface area contributed by atoms with Crippen molar-refractivity contribution < 1.29 is 38.1 Å². The Hall–Kier alpha value is -11.9. The van der Waals surface area contributed by atoms with E-state index in [0.29, 0.717) is 71.3 Å². The fraction of sp³-hybridized carbons (Fsp3) is 0.270. The van der Waals surface area contributed by atoms with Gasteiger partial charge in [0.15, 0.2) is 32.5 Å². The van der Waals surface area contributed by atoms with Gasteiger partial charge >= 0.3 is 0 Å². The number of ketones is 1. The van der Waals surface area contributed by atoms with Gasteiger partial charge in [0, 0.05) is 94.0 Å². The Morgan fingerprint density at radius 3 is 2.18 bits per heavy atom. The summed E-state index contributed by atoms with van der Waals surface area (Å²) >= 11 is 15.5. The number of azo groups is 1. The van der Waals surface area contributed by atoms with E-state index in [1.165, 1.54) is 40.2 Å². The summed E-state index contributed by atoms with van der Waals surface area (Å²) in [5, 5.41) is 61.9. The van der Waals surface area contributed by atoms with Crippen LogP contribution in [0.3, 0.4) is 0 Å². The summed E-state index contributed by atoms with van der Waals surface area (Å²) in [6.07, 6.45) is 10.2. The van der Waals surface area contributed by atoms with Gasteiger partial charge in [0.1, 0.15) is 23.1 Å². The average Bonchev–Trinajstić information content (AvgIpc) is 1.62. The van der Waals surface area contributed by atoms with Crippen LogP contribution in [0.2, 0.25) is 10.0 Å². The molecule has 1 atom stereocenters. The number of piperidine rings is 1. The first-order valence-corrected chi connectivity index (χ1v) is 42.1. The first-order chi connectivity index (χ1) is 56.7. The van der Waals surface area contributed by atoms with Crippen LogP contribution in [0.4, 0.5) is 28.8 Å². The van der Waals surface area contributed by atoms with Crippen molar-refractivity contribution in [2.45, 2.75) is 137 Å². The summed E-state index contributed by atoms with van der Waals surface area (Å²) in [6.45, 7) is 18.8. The lowest BCUT2D eigenvalue weighted by Gasteiger charge is -2.23. The number of imidazole rings is 1. The number of halogens is 3. The van der Waals surface area contributed by atoms with Gasteiger partial charge in [-0.05, 0) is 189 Å². The highest BCUT2D eigenvalue weighted by Gasteiger charge is 2.26. The molecular formula is C89H97BrCl2N18O8S. The predicted molar refractivity (Wildman–Crippen MR) is 476 cm³/mol. The number of carbonyl (C=O) groups is 3. The summed E-state index contributed by atoms with van der Waals surface area (Å²) in [7, 11) is -3.18. The number of sulfone groups is 1. The molecule has 26 nitrogen and oxygen atoms in total. The van der Waals surface area contributed by atoms with Crippen LogP contribution in [0.15, 0.2) is 208 Å². The van der Waals surface area contributed by atoms with Crippen molar-refractivity contribution in [2.75, 3.05) is 41.9 Å². The standard InChI is InChI=1S/C20H23N3O2S.C19H26N6O2.C18H15NO.C16H17Cl2N5O2.C15H12BrN3O.CH4/c1-14(2)23-15(3)5-10-19(23)18-11-12-21-20(22-18)13-16-6-8-17(9-7-16)26(4,24)25;1-4-14(10-26)22-19-23-17(20-9-13-7-5-6-8-15(13)27)16-18(24-19)25(11-21-16)12(2)3;1-11-6-7-17-15(8-11)16-10-13(20)9-12-4-2-3-5-14(12)18(16)19-17;17-10-2-1-3-11(18)13(10)15(24)22-12-8-20-23-14(12)16(25)21-9-4-6-19-7-5-9;1-9-2-5-11(6-3-9)18-19-14-12-7-4-10(16)8-13(12)17-15(14)20;/h5-12,14H,13H2,1-4H3;5-8,11-12,14,26-27H,4,9-10H2,1-3H3,(H2,20,22,23,24);2-8,19H,9-10H2,1H3;1-3,8-9,19H,4-7H2,(H,20,23)(H,21,25)(H,22,24);2-8,17,20H,1H3;1H4/t;14-;;;;/m.1..../s1. The number of aromatic nitrogens is 11. The lowest BCUT2D eigenvalue weighted by molar-refractivity contribution is -0.117. The molecule has 618 valence electrons. The molecule has 0 bridgehead atoms. The molecule has 16 rings (SSSR count). The van der Waals surface area contributed by atoms with Gasteiger partial charge in [-0.3, -0.25) is 19.5 Å². The monoisotopic (exact) mass is 1730 g/mol. The second kappa shape index (κ2) is 40.0. The third kappa shape index (κ3) is 22.1. The van der Waals surface area contributed by atoms with Crippen LogP contribution in [-0.2, 0) is 40.4 Å². The van der Waals surface area contributed by atoms with E-state index in [9.17, 15) is 38.1 Å². The molecule has 119 heavy (non-hydrogen) atoms. The van der Waals surface area contributed by atoms with Crippen molar-refractivity contribution in [3.8, 4) is 34.3 Å². The van der Waals surface area contributed by atoms with Crippen LogP contribution in [0, 0.1) is 20.8 Å². The van der Waals surface area contributed by atoms with Gasteiger partial charge in [-0.15, -0.1) is 5.11 Å². The van der Waals surface area contributed by atoms with E-state index < -0.39 is 15.7 Å². The maximum Gasteiger partial charge on any atom is 0.271 e. The summed E-state index contributed by atoms with van der Waals surface area (Å²) in [4.78, 5) is 66.5. The Morgan fingerprint density at radius 1 is 0.748 bits per heavy atom. The van der Waals surface area contributed by atoms with E-state index in [1.54, 1.807) is 55.0 Å². The normalized spacial score (nSPS) is 12.8. The van der Waals surface area contributed by atoms with Gasteiger partial charge in [-0.25, -0.2) is 23.4 Å². The summed E-state index contributed by atoms with van der Waals surface area (Å²) in [6, 6.07) is 53.5. The Morgan fingerprint density at radius 2 is 1.47 bits per heavy atom. The molecule has 0 radical (unpaired) electrons. The fourth-order valence-corrected chi connectivity index (χ4v) is 15.3. The van der Waals surface area contributed by atoms with Crippen LogP contribution in [0.1, 0.15) is 139 Å². The number of aromatic amines is 3. The number of benzene rings is 7. The molecule has 7 aromatic heterocycles. The number of aryl methyl sites for hydroxylation is 3. The molecule has 0 saturated carbocycles. The number of carbonyl (C=O) groups excluding carboxylic acids is 3. The number of phenols is 1. The van der Waals surface area contributed by atoms with Crippen molar-refractivity contribution in [1.82, 2.24) is 64.9 Å². The second-order valence-electron chi connectivity index (χ2n) is 29.3. The van der Waals surface area contributed by atoms with E-state index in [4.69, 9.17) is 28.2 Å². The second-order valence-corrected chi connectivity index (χ2v) is 33.1. The van der Waals surface area contributed by atoms with Gasteiger partial charge in [0.05, 0.1) is 79.7 Å². The maximum atomic E-state index is 12.5. The maximum absolute atomic E-state index is 12.5. The van der Waals surface area contributed by atoms with Crippen molar-refractivity contribution in [3.05, 3.63) is 259 Å². The first kappa shape index (κ1) is 87.9. The molecule has 0 unspecified atom stereocenters. The zero-order chi connectivity index (χ0) is 83.9. The summed E-state index contributed by atoms with van der Waals surface area (Å²) in [5.74, 6) is 1.45. The van der Waals surface area contributed by atoms with Gasteiger partial charge in [0.2, 0.25) is 11.8 Å². The number of hydrogen-bond acceptors (Lipinski definition) is 19. The van der Waals surface area contributed by atoms with Gasteiger partial charge < -0.3 is 61.0 Å². The van der Waals surface area contributed by atoms with Crippen LogP contribution in [0.25, 0.3) is 55.6 Å². The minimum absolute atomic E-state index is 0. The number of aliphatic hydroxyl groups excluding tert-OH is 1. The molecule has 1 aliphatic heterocycles. The lowest BCUT2D eigenvalue weighted by Crippen LogP contribution is -2.43. The molecule has 2 amide bonds. The third-order valence-corrected chi connectivity index (χ3v) is 22.1. The molecule has 1 aliphatic carbocycles. The number of H-pyrrole nitrogens is 3. The number of nitrogens with zero attached hydrogens (tertiary/aromatic N) is 10. The molecule has 8 heterocycles. The van der Waals surface area contributed by atoms with E-state index in [1.807, 2.05) is 103 Å². The van der Waals surface area contributed by atoms with Gasteiger partial charge in [0.25, 0.3) is 11.8 Å². The Labute approximate surface area is 709 Å². The Bertz CT molecular complexity index is 6030. The zero-order valence-corrected chi connectivity index (χ0v) is 70.6. The summed E-state index contributed by atoms with van der Waals surface area (Å²) < 4.78 is 28.3. The number of aromatic hydroxyl groups is 2. The molecule has 11 N–H and O–H groups in total. The number of Topliss-reactive ketones (excluding diaryl/α,β-unsaturated/α-hetero) is 1. The topological polar surface area (TPSA) is 365 Å². The minimum Gasteiger partial charge on any atom is -0.508 e. The number of rotatable bonds is 19. The number of para-hydroxylation sites is 1. The SMILES string of the molecule is C.CC[C@H](CO)Nc1nc(NCc2ccccc2O)c2ncn(C(C)C)c2n1.Cc1ccc(-c2ccnc(Cc3ccc(S(C)(=O)=O)cc3)n2)n1C(C)C.Cc1ccc(N=Nc2c(O)[nH]c3cc(Br)ccc23)cc1.Cc1ccc2[nH]c3c(c2c1)CC(=O)Cc1ccccc1-3.O=C(NC1CCNCC1)c1[nH]ncc1NC(=O)c1c(Cl)cccc1Cl. The smallest absolute Gasteiger partial charge is 0.271 e. The van der Waals surface area contributed by atoms with Crippen LogP contribution in [0.5, 0.6) is 11.6 Å². The zero-order valence-electron chi connectivity index (χ0n) is 66.7. The van der Waals surface area contributed by atoms with Gasteiger partial charge in [-0.2, -0.15) is 20.2 Å². The molecule has 1 saturated heterocycles. The largest absolute Gasteiger partial charge is 0.508 e. The number of anilines is 3. The number of amides is 2. The molecule has 0 spiro atoms. The van der Waals surface area contributed by atoms with Crippen molar-refractivity contribution in [1.29, 1.82) is 0 Å². The number of fused-ring (bicyclic) bond motifs is 7. The highest BCUT2D eigenvalue weighted by atomic mass is 79.9. The molecular weight excluding hydrogens is 1630 g/mol. The Balaban J connectivity index is 0.000000146. The number of nitrogens with one attached hydrogen (secondary N) is 8. The van der Waals surface area contributed by atoms with E-state index >= 15 is 0 Å². The quantitative estimate of drug-likeness (QED) is 0.0335. The van der Waals surface area contributed by atoms with E-state index in [2.05, 4.69) is 181 Å². The number of aliphatic hydroxyl groups is 1. The first-order valence-electron chi connectivity index (χ1n) is 38.6. The number of phenolic OH excluding ortho intramolecular Hbond substituents is 1. The highest BCUT2D eigenvalue weighted by molar-refractivity contribution is 9.10. The number of hydrogen-bond donors (Lipinski definition) is 11. The highest BCUT2D eigenvalue weighted by Crippen LogP contribution is 2.39. The van der Waals surface area contributed by atoms with Crippen LogP contribution in [-0.4, -0.2) is 134 Å². The average molecular weight is 1730 g/mol. The predicted octanol–water partition coefficient (Wildman–Crippen LogP) is 19.0. The van der Waals surface area contributed by atoms with Crippen molar-refractivity contribution >= 4 is 128 Å². The third-order valence-electron chi connectivity index (χ3n) is 19.9. The molecule has 2 aliphatic rings. The van der Waals surface area contributed by atoms with Crippen molar-refractivity contribution in [2.24, 2.45) is 10.2 Å². The Kier molecular flexibility index (Phi) is 29.6. The fourth-order valence-electron chi connectivity index (χ4n) is 13.7. The summed E-state index contributed by atoms with van der Waals surface area (Å²) in [5.41, 5.74) is 17.0. The molecule has 30 heteroatoms. The van der Waals surface area contributed by atoms with Gasteiger partial charge in [-0.1, -0.05) is 143 Å². The van der Waals surface area contributed by atoms with Crippen molar-refractivity contribution in [3.63, 3.8) is 0 Å². The van der Waals surface area contributed by atoms with E-state index in [0.717, 1.165) is 104 Å². The minimum atomic E-state index is -3.18. The molecule has 7 aromatic carbocycles. The van der Waals surface area contributed by atoms with E-state index in [-0.39, 0.29) is 76.7 Å². The molecule has 14 aromatic rings. The van der Waals surface area contributed by atoms with Crippen LogP contribution >= 0.6 is 39.1 Å². The molecule has 1 fully saturated rings. The lowest BCUT2D eigenvalue weighted by atomic mass is 10.0.